The molecular weight excluding hydrogens is 264 g/mol. The van der Waals surface area contributed by atoms with Crippen LogP contribution in [-0.4, -0.2) is 40.6 Å². The van der Waals surface area contributed by atoms with Crippen molar-refractivity contribution in [1.82, 2.24) is 19.8 Å². The fourth-order valence-corrected chi connectivity index (χ4v) is 2.26. The minimum atomic E-state index is 0.00403. The van der Waals surface area contributed by atoms with E-state index in [1.54, 1.807) is 6.26 Å². The van der Waals surface area contributed by atoms with Crippen molar-refractivity contribution in [3.63, 3.8) is 0 Å². The van der Waals surface area contributed by atoms with Crippen LogP contribution in [0.3, 0.4) is 0 Å². The maximum absolute atomic E-state index is 5.56. The number of aromatic nitrogens is 2. The summed E-state index contributed by atoms with van der Waals surface area (Å²) in [7, 11) is 4.17. The van der Waals surface area contributed by atoms with Crippen LogP contribution in [0.25, 0.3) is 0 Å². The van der Waals surface area contributed by atoms with Gasteiger partial charge < -0.3 is 19.2 Å². The molecule has 0 aliphatic carbocycles. The van der Waals surface area contributed by atoms with Gasteiger partial charge in [0.25, 0.3) is 0 Å². The van der Waals surface area contributed by atoms with E-state index in [4.69, 9.17) is 4.42 Å². The molecule has 0 amide bonds. The lowest BCUT2D eigenvalue weighted by Crippen LogP contribution is -2.31. The molecule has 2 rings (SSSR count). The summed E-state index contributed by atoms with van der Waals surface area (Å²) in [4.78, 5) is 6.80. The van der Waals surface area contributed by atoms with Gasteiger partial charge in [-0.2, -0.15) is 0 Å². The van der Waals surface area contributed by atoms with Gasteiger partial charge in [-0.15, -0.1) is 0 Å². The lowest BCUT2D eigenvalue weighted by Gasteiger charge is -2.22. The molecule has 21 heavy (non-hydrogen) atoms. The molecule has 0 fully saturated rings. The predicted octanol–water partition coefficient (Wildman–Crippen LogP) is 2.42. The third kappa shape index (κ3) is 4.19. The monoisotopic (exact) mass is 290 g/mol. The predicted molar refractivity (Wildman–Crippen MR) is 84.1 cm³/mol. The zero-order valence-corrected chi connectivity index (χ0v) is 13.4. The second-order valence-electron chi connectivity index (χ2n) is 5.73. The molecule has 2 aromatic heterocycles. The van der Waals surface area contributed by atoms with E-state index in [9.17, 15) is 0 Å². The normalized spacial score (nSPS) is 13.2. The van der Waals surface area contributed by atoms with Crippen LogP contribution < -0.4 is 5.32 Å². The first-order valence-corrected chi connectivity index (χ1v) is 7.54. The van der Waals surface area contributed by atoms with Crippen LogP contribution in [-0.2, 0) is 7.05 Å². The lowest BCUT2D eigenvalue weighted by atomic mass is 10.2. The van der Waals surface area contributed by atoms with E-state index in [0.29, 0.717) is 6.04 Å². The van der Waals surface area contributed by atoms with Crippen LogP contribution >= 0.6 is 0 Å². The quantitative estimate of drug-likeness (QED) is 0.759. The van der Waals surface area contributed by atoms with Crippen molar-refractivity contribution in [2.24, 2.45) is 7.05 Å². The molecule has 0 radical (unpaired) electrons. The Kier molecular flexibility index (Phi) is 5.59. The maximum atomic E-state index is 5.56. The highest BCUT2D eigenvalue weighted by Gasteiger charge is 2.20. The smallest absolute Gasteiger partial charge is 0.133 e. The fourth-order valence-electron chi connectivity index (χ4n) is 2.26. The van der Waals surface area contributed by atoms with Crippen LogP contribution in [0.4, 0.5) is 0 Å². The molecule has 1 atom stereocenters. The molecular formula is C16H26N4O. The van der Waals surface area contributed by atoms with Gasteiger partial charge in [0.05, 0.1) is 6.26 Å². The van der Waals surface area contributed by atoms with Crippen molar-refractivity contribution in [2.45, 2.75) is 32.4 Å². The number of aryl methyl sites for hydroxylation is 1. The Morgan fingerprint density at radius 2 is 2.24 bits per heavy atom. The maximum Gasteiger partial charge on any atom is 0.133 e. The summed E-state index contributed by atoms with van der Waals surface area (Å²) in [5.41, 5.74) is 0. The zero-order valence-electron chi connectivity index (χ0n) is 13.4. The minimum absolute atomic E-state index is 0.00403. The molecule has 0 bridgehead atoms. The van der Waals surface area contributed by atoms with Crippen LogP contribution in [0.15, 0.2) is 35.2 Å². The van der Waals surface area contributed by atoms with E-state index in [-0.39, 0.29) is 6.04 Å². The topological polar surface area (TPSA) is 46.2 Å². The van der Waals surface area contributed by atoms with Gasteiger partial charge in [-0.1, -0.05) is 0 Å². The van der Waals surface area contributed by atoms with Crippen molar-refractivity contribution in [3.05, 3.63) is 42.4 Å². The number of imidazole rings is 1. The lowest BCUT2D eigenvalue weighted by molar-refractivity contribution is 0.267. The highest BCUT2D eigenvalue weighted by molar-refractivity contribution is 5.15. The number of hydrogen-bond acceptors (Lipinski definition) is 4. The van der Waals surface area contributed by atoms with E-state index in [0.717, 1.165) is 31.1 Å². The summed E-state index contributed by atoms with van der Waals surface area (Å²) in [5.74, 6) is 1.88. The van der Waals surface area contributed by atoms with Gasteiger partial charge in [-0.05, 0) is 52.5 Å². The first-order valence-electron chi connectivity index (χ1n) is 7.54. The number of furan rings is 1. The number of hydrogen-bond donors (Lipinski definition) is 1. The number of nitrogens with one attached hydrogen (secondary N) is 1. The van der Waals surface area contributed by atoms with E-state index in [1.807, 2.05) is 36.1 Å². The summed E-state index contributed by atoms with van der Waals surface area (Å²) >= 11 is 0. The van der Waals surface area contributed by atoms with Gasteiger partial charge in [0, 0.05) is 25.5 Å². The zero-order chi connectivity index (χ0) is 15.2. The van der Waals surface area contributed by atoms with Crippen LogP contribution in [0.5, 0.6) is 0 Å². The third-order valence-corrected chi connectivity index (χ3v) is 3.86. The molecule has 0 aliphatic heterocycles. The summed E-state index contributed by atoms with van der Waals surface area (Å²) in [6.45, 7) is 6.44. The molecule has 5 heteroatoms. The van der Waals surface area contributed by atoms with E-state index >= 15 is 0 Å². The first kappa shape index (κ1) is 15.8. The van der Waals surface area contributed by atoms with Crippen molar-refractivity contribution in [2.75, 3.05) is 20.1 Å². The molecule has 0 aromatic carbocycles. The minimum Gasteiger partial charge on any atom is -0.467 e. The van der Waals surface area contributed by atoms with Gasteiger partial charge in [-0.25, -0.2) is 4.98 Å². The molecule has 2 heterocycles. The highest BCUT2D eigenvalue weighted by Crippen LogP contribution is 2.20. The van der Waals surface area contributed by atoms with E-state index in [1.165, 1.54) is 0 Å². The van der Waals surface area contributed by atoms with Gasteiger partial charge in [0.2, 0.25) is 0 Å². The Bertz CT molecular complexity index is 518. The van der Waals surface area contributed by atoms with E-state index in [2.05, 4.69) is 36.1 Å². The Hall–Kier alpha value is -1.59. The third-order valence-electron chi connectivity index (χ3n) is 3.86. The molecule has 0 aliphatic rings. The SMILES string of the molecule is CC(C)N(C)CCCNC(c1ccco1)c1nccn1C. The Balaban J connectivity index is 1.94. The van der Waals surface area contributed by atoms with Crippen LogP contribution in [0.1, 0.15) is 37.9 Å². The summed E-state index contributed by atoms with van der Waals surface area (Å²) in [5, 5.41) is 3.56. The van der Waals surface area contributed by atoms with Gasteiger partial charge >= 0.3 is 0 Å². The Morgan fingerprint density at radius 1 is 1.43 bits per heavy atom. The Morgan fingerprint density at radius 3 is 2.81 bits per heavy atom. The van der Waals surface area contributed by atoms with Gasteiger partial charge in [0.15, 0.2) is 0 Å². The van der Waals surface area contributed by atoms with Crippen molar-refractivity contribution in [3.8, 4) is 0 Å². The van der Waals surface area contributed by atoms with E-state index < -0.39 is 0 Å². The second-order valence-corrected chi connectivity index (χ2v) is 5.73. The van der Waals surface area contributed by atoms with Crippen LogP contribution in [0.2, 0.25) is 0 Å². The largest absolute Gasteiger partial charge is 0.467 e. The average Bonchev–Trinajstić information content (AvgIpc) is 3.10. The van der Waals surface area contributed by atoms with Crippen molar-refractivity contribution < 1.29 is 4.42 Å². The Labute approximate surface area is 127 Å². The van der Waals surface area contributed by atoms with Crippen molar-refractivity contribution >= 4 is 0 Å². The summed E-state index contributed by atoms with van der Waals surface area (Å²) in [6, 6.07) is 4.50. The highest BCUT2D eigenvalue weighted by atomic mass is 16.3. The molecule has 0 spiro atoms. The molecule has 5 nitrogen and oxygen atoms in total. The molecule has 0 saturated heterocycles. The number of nitrogens with zero attached hydrogens (tertiary/aromatic N) is 3. The van der Waals surface area contributed by atoms with Crippen molar-refractivity contribution in [1.29, 1.82) is 0 Å². The average molecular weight is 290 g/mol. The second kappa shape index (κ2) is 7.43. The summed E-state index contributed by atoms with van der Waals surface area (Å²) < 4.78 is 7.59. The first-order chi connectivity index (χ1) is 10.1. The molecule has 1 N–H and O–H groups in total. The van der Waals surface area contributed by atoms with Crippen LogP contribution in [0, 0.1) is 0 Å². The molecule has 116 valence electrons. The molecule has 0 saturated carbocycles. The standard InChI is InChI=1S/C16H26N4O/c1-13(2)19(3)10-6-8-17-15(14-7-5-12-21-14)16-18-9-11-20(16)4/h5,7,9,11-13,15,17H,6,8,10H2,1-4H3. The fraction of sp³-hybridized carbons (Fsp3) is 0.562. The van der Waals surface area contributed by atoms with Gasteiger partial charge in [-0.3, -0.25) is 0 Å². The number of rotatable bonds is 8. The molecule has 1 unspecified atom stereocenters. The van der Waals surface area contributed by atoms with Gasteiger partial charge in [0.1, 0.15) is 17.6 Å². The molecule has 2 aromatic rings. The summed E-state index contributed by atoms with van der Waals surface area (Å²) in [6.07, 6.45) is 6.58.